The third-order valence-electron chi connectivity index (χ3n) is 4.77. The van der Waals surface area contributed by atoms with Crippen molar-refractivity contribution < 1.29 is 9.37 Å². The number of aryl methyl sites for hydroxylation is 1. The van der Waals surface area contributed by atoms with Gasteiger partial charge < -0.3 is 5.32 Å². The van der Waals surface area contributed by atoms with E-state index < -0.39 is 0 Å². The number of imidazole rings is 1. The van der Waals surface area contributed by atoms with Crippen molar-refractivity contribution in [3.8, 4) is 0 Å². The molecule has 0 atom stereocenters. The first-order valence-electron chi connectivity index (χ1n) is 8.69. The van der Waals surface area contributed by atoms with Gasteiger partial charge in [-0.1, -0.05) is 24.6 Å². The topological polar surface area (TPSA) is 49.4 Å². The van der Waals surface area contributed by atoms with Gasteiger partial charge in [-0.2, -0.15) is 0 Å². The summed E-state index contributed by atoms with van der Waals surface area (Å²) in [5.41, 5.74) is 5.66. The first-order chi connectivity index (χ1) is 12.6. The van der Waals surface area contributed by atoms with Gasteiger partial charge in [0.25, 0.3) is 5.91 Å². The Morgan fingerprint density at radius 1 is 1.35 bits per heavy atom. The van der Waals surface area contributed by atoms with Crippen LogP contribution in [0.5, 0.6) is 0 Å². The monoisotopic (exact) mass is 367 g/mol. The van der Waals surface area contributed by atoms with Gasteiger partial charge in [-0.15, -0.1) is 0 Å². The second-order valence-corrected chi connectivity index (χ2v) is 6.92. The molecular weight excluding hydrogens is 348 g/mol. The maximum absolute atomic E-state index is 12.8. The number of nitrogens with zero attached hydrogens (tertiary/aromatic N) is 3. The Balaban J connectivity index is 1.57. The average molecular weight is 368 g/mol. The highest BCUT2D eigenvalue weighted by Crippen LogP contribution is 2.24. The van der Waals surface area contributed by atoms with E-state index in [9.17, 15) is 4.79 Å². The van der Waals surface area contributed by atoms with E-state index in [1.54, 1.807) is 16.7 Å². The lowest BCUT2D eigenvalue weighted by Crippen LogP contribution is -2.25. The molecule has 0 unspecified atom stereocenters. The second kappa shape index (κ2) is 6.57. The van der Waals surface area contributed by atoms with Crippen LogP contribution in [-0.2, 0) is 19.4 Å². The zero-order valence-corrected chi connectivity index (χ0v) is 15.5. The summed E-state index contributed by atoms with van der Waals surface area (Å²) in [4.78, 5) is 17.4. The fourth-order valence-electron chi connectivity index (χ4n) is 3.41. The molecule has 0 fully saturated rings. The van der Waals surface area contributed by atoms with Crippen LogP contribution in [0.15, 0.2) is 36.5 Å². The molecule has 4 rings (SSSR count). The maximum Gasteiger partial charge on any atom is 0.270 e. The third-order valence-corrected chi connectivity index (χ3v) is 4.99. The number of hydrogen-bond acceptors (Lipinski definition) is 2. The van der Waals surface area contributed by atoms with Crippen molar-refractivity contribution in [1.29, 1.82) is 0 Å². The summed E-state index contributed by atoms with van der Waals surface area (Å²) in [5.74, 6) is -0.138. The highest BCUT2D eigenvalue weighted by Gasteiger charge is 2.20. The first kappa shape index (κ1) is 16.8. The minimum absolute atomic E-state index is 0.138. The number of aromatic nitrogens is 2. The minimum Gasteiger partial charge on any atom is -0.347 e. The molecule has 0 radical (unpaired) electrons. The van der Waals surface area contributed by atoms with E-state index in [2.05, 4.69) is 46.3 Å². The van der Waals surface area contributed by atoms with Crippen LogP contribution in [0.2, 0.25) is 5.02 Å². The van der Waals surface area contributed by atoms with Crippen molar-refractivity contribution in [3.63, 3.8) is 0 Å². The van der Waals surface area contributed by atoms with Crippen LogP contribution in [-0.4, -0.2) is 33.1 Å². The Kier molecular flexibility index (Phi) is 4.24. The number of carbonyl (C=O) groups is 1. The molecule has 1 amide bonds. The van der Waals surface area contributed by atoms with Gasteiger partial charge >= 0.3 is 0 Å². The quantitative estimate of drug-likeness (QED) is 0.719. The Morgan fingerprint density at radius 3 is 3.00 bits per heavy atom. The standard InChI is InChI=1S/C20H19ClN4O/c1-3-16-19(25-12-15(21)5-7-18(25)23-16)20(26)22-11-13-4-6-17-14(10-13)8-9-24(17)2/h4-7,9-10,12H,3,8,11H2,1-2H3/p+1. The Labute approximate surface area is 156 Å². The van der Waals surface area contributed by atoms with Gasteiger partial charge in [-0.05, 0) is 30.2 Å². The number of rotatable bonds is 4. The molecule has 132 valence electrons. The largest absolute Gasteiger partial charge is 0.347 e. The normalized spacial score (nSPS) is 13.0. The highest BCUT2D eigenvalue weighted by atomic mass is 35.5. The summed E-state index contributed by atoms with van der Waals surface area (Å²) >= 11 is 6.10. The van der Waals surface area contributed by atoms with Gasteiger partial charge in [-0.3, -0.25) is 9.20 Å². The van der Waals surface area contributed by atoms with Crippen molar-refractivity contribution in [2.45, 2.75) is 26.3 Å². The molecule has 0 saturated carbocycles. The number of fused-ring (bicyclic) bond motifs is 2. The molecule has 1 aliphatic rings. The number of pyridine rings is 1. The predicted octanol–water partition coefficient (Wildman–Crippen LogP) is 3.38. The van der Waals surface area contributed by atoms with Gasteiger partial charge in [0, 0.05) is 24.4 Å². The van der Waals surface area contributed by atoms with Gasteiger partial charge in [0.2, 0.25) is 5.69 Å². The van der Waals surface area contributed by atoms with Crippen LogP contribution in [0.25, 0.3) is 5.65 Å². The molecule has 5 nitrogen and oxygen atoms in total. The van der Waals surface area contributed by atoms with Crippen molar-refractivity contribution in [3.05, 3.63) is 64.1 Å². The molecular formula is C20H20ClN4O+. The van der Waals surface area contributed by atoms with Crippen LogP contribution < -0.4 is 5.32 Å². The van der Waals surface area contributed by atoms with Gasteiger partial charge in [-0.25, -0.2) is 9.56 Å². The van der Waals surface area contributed by atoms with E-state index in [-0.39, 0.29) is 5.91 Å². The lowest BCUT2D eigenvalue weighted by molar-refractivity contribution is -0.396. The van der Waals surface area contributed by atoms with Crippen molar-refractivity contribution in [2.24, 2.45) is 0 Å². The molecule has 3 heterocycles. The summed E-state index contributed by atoms with van der Waals surface area (Å²) in [6, 6.07) is 9.92. The van der Waals surface area contributed by atoms with Crippen LogP contribution in [0, 0.1) is 0 Å². The molecule has 0 aliphatic carbocycles. The Morgan fingerprint density at radius 2 is 2.19 bits per heavy atom. The smallest absolute Gasteiger partial charge is 0.270 e. The molecule has 1 aromatic carbocycles. The van der Waals surface area contributed by atoms with Crippen molar-refractivity contribution >= 4 is 35.1 Å². The van der Waals surface area contributed by atoms with Crippen molar-refractivity contribution in [1.82, 2.24) is 14.7 Å². The second-order valence-electron chi connectivity index (χ2n) is 6.48. The number of benzene rings is 1. The summed E-state index contributed by atoms with van der Waals surface area (Å²) in [6.07, 6.45) is 5.50. The van der Waals surface area contributed by atoms with Gasteiger partial charge in [0.15, 0.2) is 0 Å². The van der Waals surface area contributed by atoms with E-state index in [0.29, 0.717) is 23.7 Å². The summed E-state index contributed by atoms with van der Waals surface area (Å²) in [7, 11) is 2.05. The minimum atomic E-state index is -0.138. The molecule has 0 saturated heterocycles. The summed E-state index contributed by atoms with van der Waals surface area (Å²) in [6.45, 7) is 2.47. The number of nitrogens with one attached hydrogen (secondary N) is 1. The van der Waals surface area contributed by atoms with Gasteiger partial charge in [0.05, 0.1) is 17.1 Å². The molecule has 26 heavy (non-hydrogen) atoms. The number of halogens is 1. The molecule has 6 heteroatoms. The molecule has 1 aliphatic heterocycles. The number of carbonyl (C=O) groups excluding carboxylic acids is 1. The molecule has 2 aromatic heterocycles. The maximum atomic E-state index is 12.8. The average Bonchev–Trinajstić information content (AvgIpc) is 3.19. The first-order valence-corrected chi connectivity index (χ1v) is 9.07. The molecule has 0 bridgehead atoms. The van der Waals surface area contributed by atoms with E-state index in [1.165, 1.54) is 11.3 Å². The molecule has 1 N–H and O–H groups in total. The predicted molar refractivity (Wildman–Crippen MR) is 103 cm³/mol. The van der Waals surface area contributed by atoms with Crippen LogP contribution in [0.4, 0.5) is 5.69 Å². The lowest BCUT2D eigenvalue weighted by Gasteiger charge is -2.08. The van der Waals surface area contributed by atoms with Crippen molar-refractivity contribution in [2.75, 3.05) is 7.05 Å². The lowest BCUT2D eigenvalue weighted by atomic mass is 10.1. The Bertz CT molecular complexity index is 1050. The fraction of sp³-hybridized carbons (Fsp3) is 0.250. The van der Waals surface area contributed by atoms with E-state index >= 15 is 0 Å². The fourth-order valence-corrected chi connectivity index (χ4v) is 3.57. The van der Waals surface area contributed by atoms with Gasteiger partial charge in [0.1, 0.15) is 24.6 Å². The highest BCUT2D eigenvalue weighted by molar-refractivity contribution is 6.30. The van der Waals surface area contributed by atoms with Crippen LogP contribution >= 0.6 is 11.6 Å². The number of amides is 1. The summed E-state index contributed by atoms with van der Waals surface area (Å²) in [5, 5.41) is 3.60. The number of hydrogen-bond donors (Lipinski definition) is 1. The SMILES string of the molecule is CCc1nc2ccc(Cl)cn2c1C(=O)NCc1ccc2c(c1)CC=[N+]2C. The third kappa shape index (κ3) is 2.88. The zero-order valence-electron chi connectivity index (χ0n) is 14.8. The van der Waals surface area contributed by atoms with Crippen LogP contribution in [0.3, 0.4) is 0 Å². The molecule has 0 spiro atoms. The van der Waals surface area contributed by atoms with E-state index in [4.69, 9.17) is 11.6 Å². The van der Waals surface area contributed by atoms with E-state index in [0.717, 1.165) is 23.3 Å². The molecule has 3 aromatic rings. The van der Waals surface area contributed by atoms with E-state index in [1.807, 2.05) is 13.0 Å². The Hall–Kier alpha value is -2.66. The van der Waals surface area contributed by atoms with Crippen LogP contribution in [0.1, 0.15) is 34.2 Å². The zero-order chi connectivity index (χ0) is 18.3. The summed E-state index contributed by atoms with van der Waals surface area (Å²) < 4.78 is 3.90.